The molecule has 0 saturated carbocycles. The Hall–Kier alpha value is -0.420. The van der Waals surface area contributed by atoms with Gasteiger partial charge in [-0.1, -0.05) is 16.0 Å². The first-order valence-corrected chi connectivity index (χ1v) is 3.79. The van der Waals surface area contributed by atoms with Gasteiger partial charge in [0.1, 0.15) is 0 Å². The van der Waals surface area contributed by atoms with Crippen molar-refractivity contribution in [3.8, 4) is 0 Å². The van der Waals surface area contributed by atoms with Gasteiger partial charge in [-0.05, 0) is 0 Å². The van der Waals surface area contributed by atoms with Gasteiger partial charge in [0, 0.05) is 13.1 Å². The quantitative estimate of drug-likeness (QED) is 0.393. The van der Waals surface area contributed by atoms with Crippen molar-refractivity contribution in [2.45, 2.75) is 0 Å². The van der Waals surface area contributed by atoms with E-state index in [1.807, 2.05) is 0 Å². The summed E-state index contributed by atoms with van der Waals surface area (Å²) in [5, 5.41) is 0. The third kappa shape index (κ3) is 1.49. The second-order valence-corrected chi connectivity index (χ2v) is 3.07. The monoisotopic (exact) mass is 151 g/mol. The molecule has 0 amide bonds. The highest BCUT2D eigenvalue weighted by Crippen LogP contribution is 2.06. The van der Waals surface area contributed by atoms with Crippen LogP contribution in [0.1, 0.15) is 0 Å². The standard InChI is InChI=1S/C4H6FNO2S/c5-9(7,8)6-3-1-2-4-6/h1-2H,3-4H2. The summed E-state index contributed by atoms with van der Waals surface area (Å²) in [6, 6.07) is 0. The molecule has 0 saturated heterocycles. The maximum atomic E-state index is 12.0. The molecule has 0 fully saturated rings. The van der Waals surface area contributed by atoms with Crippen LogP contribution in [-0.4, -0.2) is 25.8 Å². The van der Waals surface area contributed by atoms with Crippen LogP contribution in [0, 0.1) is 0 Å². The normalized spacial score (nSPS) is 21.0. The zero-order valence-corrected chi connectivity index (χ0v) is 5.44. The Labute approximate surface area is 53.1 Å². The van der Waals surface area contributed by atoms with Gasteiger partial charge in [0.15, 0.2) is 0 Å². The van der Waals surface area contributed by atoms with Gasteiger partial charge >= 0.3 is 10.4 Å². The Morgan fingerprint density at radius 1 is 1.33 bits per heavy atom. The number of hydrogen-bond donors (Lipinski definition) is 0. The Bertz CT molecular complexity index is 213. The van der Waals surface area contributed by atoms with Gasteiger partial charge in [-0.15, -0.1) is 0 Å². The molecule has 1 aliphatic heterocycles. The molecule has 0 bridgehead atoms. The molecule has 3 nitrogen and oxygen atoms in total. The molecule has 0 aliphatic carbocycles. The fourth-order valence-corrected chi connectivity index (χ4v) is 1.17. The molecule has 1 heterocycles. The summed E-state index contributed by atoms with van der Waals surface area (Å²) in [7, 11) is -4.43. The van der Waals surface area contributed by atoms with E-state index in [4.69, 9.17) is 0 Å². The second-order valence-electron chi connectivity index (χ2n) is 1.73. The van der Waals surface area contributed by atoms with E-state index in [0.29, 0.717) is 0 Å². The lowest BCUT2D eigenvalue weighted by molar-refractivity contribution is 0.446. The predicted molar refractivity (Wildman–Crippen MR) is 30.7 cm³/mol. The fraction of sp³-hybridized carbons (Fsp3) is 0.500. The topological polar surface area (TPSA) is 37.4 Å². The van der Waals surface area contributed by atoms with Gasteiger partial charge in [-0.2, -0.15) is 12.7 Å². The van der Waals surface area contributed by atoms with Crippen molar-refractivity contribution >= 4 is 10.4 Å². The van der Waals surface area contributed by atoms with Crippen molar-refractivity contribution < 1.29 is 12.3 Å². The van der Waals surface area contributed by atoms with Crippen molar-refractivity contribution in [1.82, 2.24) is 4.31 Å². The van der Waals surface area contributed by atoms with E-state index >= 15 is 0 Å². The maximum Gasteiger partial charge on any atom is 0.375 e. The van der Waals surface area contributed by atoms with E-state index < -0.39 is 10.4 Å². The average Bonchev–Trinajstić information content (AvgIpc) is 2.08. The fourth-order valence-electron chi connectivity index (χ4n) is 0.637. The average molecular weight is 151 g/mol. The summed E-state index contributed by atoms with van der Waals surface area (Å²) >= 11 is 0. The van der Waals surface area contributed by atoms with Gasteiger partial charge < -0.3 is 0 Å². The van der Waals surface area contributed by atoms with Gasteiger partial charge in [-0.25, -0.2) is 0 Å². The zero-order chi connectivity index (χ0) is 6.91. The Morgan fingerprint density at radius 3 is 2.00 bits per heavy atom. The molecule has 1 rings (SSSR count). The van der Waals surface area contributed by atoms with Crippen LogP contribution < -0.4 is 0 Å². The van der Waals surface area contributed by atoms with Crippen molar-refractivity contribution in [3.63, 3.8) is 0 Å². The SMILES string of the molecule is O=S(=O)(F)N1CC=CC1. The molecule has 0 aromatic heterocycles. The zero-order valence-electron chi connectivity index (χ0n) is 4.62. The van der Waals surface area contributed by atoms with Crippen LogP contribution in [0.3, 0.4) is 0 Å². The maximum absolute atomic E-state index is 12.0. The molecule has 0 N–H and O–H groups in total. The Morgan fingerprint density at radius 2 is 1.78 bits per heavy atom. The lowest BCUT2D eigenvalue weighted by atomic mass is 10.6. The van der Waals surface area contributed by atoms with Crippen LogP contribution in [0.25, 0.3) is 0 Å². The molecule has 0 atom stereocenters. The van der Waals surface area contributed by atoms with Crippen LogP contribution in [0.15, 0.2) is 12.2 Å². The summed E-state index contributed by atoms with van der Waals surface area (Å²) in [4.78, 5) is 0. The lowest BCUT2D eigenvalue weighted by Crippen LogP contribution is -2.24. The van der Waals surface area contributed by atoms with Gasteiger partial charge in [0.2, 0.25) is 0 Å². The molecular weight excluding hydrogens is 145 g/mol. The van der Waals surface area contributed by atoms with E-state index in [1.165, 1.54) is 0 Å². The summed E-state index contributed by atoms with van der Waals surface area (Å²) < 4.78 is 32.8. The van der Waals surface area contributed by atoms with Crippen LogP contribution in [0.4, 0.5) is 3.89 Å². The minimum atomic E-state index is -4.43. The Kier molecular flexibility index (Phi) is 1.54. The summed E-state index contributed by atoms with van der Waals surface area (Å²) in [5.41, 5.74) is 0. The van der Waals surface area contributed by atoms with Crippen LogP contribution in [0.2, 0.25) is 0 Å². The number of hydrogen-bond acceptors (Lipinski definition) is 2. The van der Waals surface area contributed by atoms with Crippen LogP contribution in [-0.2, 0) is 10.4 Å². The second kappa shape index (κ2) is 2.07. The first-order chi connectivity index (χ1) is 4.11. The molecule has 0 aromatic carbocycles. The van der Waals surface area contributed by atoms with Crippen LogP contribution >= 0.6 is 0 Å². The third-order valence-corrected chi connectivity index (χ3v) is 2.01. The number of halogens is 1. The largest absolute Gasteiger partial charge is 0.375 e. The summed E-state index contributed by atoms with van der Waals surface area (Å²) in [6.45, 7) is 0.331. The molecule has 5 heteroatoms. The molecule has 1 aliphatic rings. The highest BCUT2D eigenvalue weighted by atomic mass is 32.3. The van der Waals surface area contributed by atoms with E-state index in [2.05, 4.69) is 0 Å². The Balaban J connectivity index is 2.68. The molecular formula is C4H6FNO2S. The molecule has 0 unspecified atom stereocenters. The van der Waals surface area contributed by atoms with Crippen molar-refractivity contribution in [3.05, 3.63) is 12.2 Å². The van der Waals surface area contributed by atoms with Gasteiger partial charge in [0.25, 0.3) is 0 Å². The third-order valence-electron chi connectivity index (χ3n) is 1.09. The first kappa shape index (κ1) is 6.70. The number of nitrogens with zero attached hydrogens (tertiary/aromatic N) is 1. The summed E-state index contributed by atoms with van der Waals surface area (Å²) in [5.74, 6) is 0. The molecule has 0 spiro atoms. The smallest absolute Gasteiger partial charge is 0.177 e. The first-order valence-electron chi connectivity index (χ1n) is 2.45. The predicted octanol–water partition coefficient (Wildman–Crippen LogP) is 0.0725. The van der Waals surface area contributed by atoms with Gasteiger partial charge in [-0.3, -0.25) is 0 Å². The molecule has 0 aromatic rings. The minimum absolute atomic E-state index is 0.166. The molecule has 52 valence electrons. The van der Waals surface area contributed by atoms with E-state index in [9.17, 15) is 12.3 Å². The van der Waals surface area contributed by atoms with Crippen LogP contribution in [0.5, 0.6) is 0 Å². The summed E-state index contributed by atoms with van der Waals surface area (Å²) in [6.07, 6.45) is 3.22. The highest BCUT2D eigenvalue weighted by molar-refractivity contribution is 7.84. The lowest BCUT2D eigenvalue weighted by Gasteiger charge is -2.05. The van der Waals surface area contributed by atoms with Crippen molar-refractivity contribution in [2.24, 2.45) is 0 Å². The molecule has 9 heavy (non-hydrogen) atoms. The highest BCUT2D eigenvalue weighted by Gasteiger charge is 2.20. The van der Waals surface area contributed by atoms with Crippen molar-refractivity contribution in [1.29, 1.82) is 0 Å². The van der Waals surface area contributed by atoms with E-state index in [1.54, 1.807) is 12.2 Å². The van der Waals surface area contributed by atoms with Crippen molar-refractivity contribution in [2.75, 3.05) is 13.1 Å². The number of rotatable bonds is 1. The molecule has 0 radical (unpaired) electrons. The van der Waals surface area contributed by atoms with E-state index in [-0.39, 0.29) is 13.1 Å². The van der Waals surface area contributed by atoms with Gasteiger partial charge in [0.05, 0.1) is 0 Å². The minimum Gasteiger partial charge on any atom is -0.177 e. The van der Waals surface area contributed by atoms with E-state index in [0.717, 1.165) is 4.31 Å².